The highest BCUT2D eigenvalue weighted by Crippen LogP contribution is 2.23. The van der Waals surface area contributed by atoms with Crippen LogP contribution in [0.5, 0.6) is 0 Å². The van der Waals surface area contributed by atoms with Crippen molar-refractivity contribution in [2.45, 2.75) is 48.5 Å². The topological polar surface area (TPSA) is 85.3 Å². The van der Waals surface area contributed by atoms with Crippen LogP contribution in [0.25, 0.3) is 0 Å². The molecule has 0 saturated carbocycles. The largest absolute Gasteiger partial charge is 0.381 e. The van der Waals surface area contributed by atoms with Crippen molar-refractivity contribution >= 4 is 23.2 Å². The van der Waals surface area contributed by atoms with Gasteiger partial charge in [-0.05, 0) is 25.7 Å². The normalized spacial score (nSPS) is 32.6. The molecule has 1 heterocycles. The summed E-state index contributed by atoms with van der Waals surface area (Å²) in [7, 11) is 0. The fourth-order valence-corrected chi connectivity index (χ4v) is 3.42. The summed E-state index contributed by atoms with van der Waals surface area (Å²) < 4.78 is 5.65. The number of hydrogen-bond acceptors (Lipinski definition) is 5. The number of hydrogen-bond donors (Lipinski definition) is 4. The van der Waals surface area contributed by atoms with Crippen molar-refractivity contribution in [2.75, 3.05) is 39.4 Å². The lowest BCUT2D eigenvalue weighted by atomic mass is 9.98. The Labute approximate surface area is 138 Å². The van der Waals surface area contributed by atoms with E-state index in [2.05, 4.69) is 10.6 Å². The van der Waals surface area contributed by atoms with Crippen LogP contribution >= 0.6 is 23.2 Å². The summed E-state index contributed by atoms with van der Waals surface area (Å²) >= 11 is 13.3. The molecule has 0 radical (unpaired) electrons. The molecule has 0 amide bonds. The zero-order chi connectivity index (χ0) is 15.5. The van der Waals surface area contributed by atoms with E-state index in [4.69, 9.17) is 39.4 Å². The van der Waals surface area contributed by atoms with E-state index >= 15 is 0 Å². The lowest BCUT2D eigenvalue weighted by Gasteiger charge is -2.32. The van der Waals surface area contributed by atoms with Gasteiger partial charge in [0.1, 0.15) is 0 Å². The quantitative estimate of drug-likeness (QED) is 0.533. The van der Waals surface area contributed by atoms with Gasteiger partial charge >= 0.3 is 0 Å². The molecule has 0 bridgehead atoms. The van der Waals surface area contributed by atoms with Gasteiger partial charge in [0.15, 0.2) is 0 Å². The molecule has 0 aromatic heterocycles. The number of halogens is 2. The maximum atomic E-state index is 6.65. The Morgan fingerprint density at radius 2 is 1.29 bits per heavy atom. The highest BCUT2D eigenvalue weighted by Gasteiger charge is 2.31. The Bertz CT molecular complexity index is 237. The molecule has 1 saturated heterocycles. The first-order valence-corrected chi connectivity index (χ1v) is 8.80. The first-order valence-electron chi connectivity index (χ1n) is 7.93. The molecule has 1 rings (SSSR count). The van der Waals surface area contributed by atoms with Crippen LogP contribution < -0.4 is 22.1 Å². The van der Waals surface area contributed by atoms with Gasteiger partial charge < -0.3 is 26.8 Å². The minimum Gasteiger partial charge on any atom is -0.381 e. The first-order chi connectivity index (χ1) is 10.2. The first kappa shape index (κ1) is 19.4. The van der Waals surface area contributed by atoms with Crippen LogP contribution in [0.1, 0.15) is 25.7 Å². The standard InChI is InChI=1S/C14H30Cl2N4O/c15-13-11(19-7-5-17)3-1-9-21-10-2-4-12(14(13)16)20-8-6-18/h11-14,19-20H,1-10,17-18H2. The second-order valence-corrected chi connectivity index (χ2v) is 6.49. The number of nitrogens with one attached hydrogen (secondary N) is 2. The van der Waals surface area contributed by atoms with Gasteiger partial charge in [0.2, 0.25) is 0 Å². The molecule has 5 nitrogen and oxygen atoms in total. The van der Waals surface area contributed by atoms with Crippen LogP contribution in [-0.2, 0) is 4.74 Å². The van der Waals surface area contributed by atoms with Crippen molar-refractivity contribution in [1.82, 2.24) is 10.6 Å². The van der Waals surface area contributed by atoms with Crippen LogP contribution in [0.15, 0.2) is 0 Å². The van der Waals surface area contributed by atoms with E-state index in [1.165, 1.54) is 0 Å². The van der Waals surface area contributed by atoms with Crippen LogP contribution in [0.4, 0.5) is 0 Å². The summed E-state index contributed by atoms with van der Waals surface area (Å²) in [5, 5.41) is 6.54. The number of alkyl halides is 2. The number of nitrogens with two attached hydrogens (primary N) is 2. The summed E-state index contributed by atoms with van der Waals surface area (Å²) in [5.74, 6) is 0. The van der Waals surface area contributed by atoms with Crippen LogP contribution in [0.3, 0.4) is 0 Å². The Morgan fingerprint density at radius 1 is 0.857 bits per heavy atom. The summed E-state index contributed by atoms with van der Waals surface area (Å²) in [6, 6.07) is 0.309. The van der Waals surface area contributed by atoms with Gasteiger partial charge in [-0.25, -0.2) is 0 Å². The summed E-state index contributed by atoms with van der Waals surface area (Å²) in [4.78, 5) is 0. The average Bonchev–Trinajstić information content (AvgIpc) is 2.52. The van der Waals surface area contributed by atoms with Gasteiger partial charge in [-0.1, -0.05) is 0 Å². The predicted octanol–water partition coefficient (Wildman–Crippen LogP) is 0.626. The Hall–Kier alpha value is 0.380. The Morgan fingerprint density at radius 3 is 1.67 bits per heavy atom. The van der Waals surface area contributed by atoms with Gasteiger partial charge in [0, 0.05) is 51.5 Å². The Balaban J connectivity index is 2.68. The zero-order valence-corrected chi connectivity index (χ0v) is 14.2. The highest BCUT2D eigenvalue weighted by molar-refractivity contribution is 6.30. The Kier molecular flexibility index (Phi) is 11.0. The lowest BCUT2D eigenvalue weighted by Crippen LogP contribution is -2.50. The molecule has 7 heteroatoms. The maximum absolute atomic E-state index is 6.65. The smallest absolute Gasteiger partial charge is 0.0667 e. The van der Waals surface area contributed by atoms with Gasteiger partial charge in [0.05, 0.1) is 10.8 Å². The molecule has 0 aromatic carbocycles. The molecule has 4 unspecified atom stereocenters. The minimum absolute atomic E-state index is 0.147. The highest BCUT2D eigenvalue weighted by atomic mass is 35.5. The van der Waals surface area contributed by atoms with Crippen molar-refractivity contribution in [3.05, 3.63) is 0 Å². The third-order valence-corrected chi connectivity index (χ3v) is 5.06. The molecule has 1 aliphatic heterocycles. The molecule has 1 aliphatic rings. The van der Waals surface area contributed by atoms with Crippen LogP contribution in [0, 0.1) is 0 Å². The zero-order valence-electron chi connectivity index (χ0n) is 12.7. The van der Waals surface area contributed by atoms with Gasteiger partial charge in [-0.3, -0.25) is 0 Å². The van der Waals surface area contributed by atoms with E-state index in [1.54, 1.807) is 0 Å². The third kappa shape index (κ3) is 7.46. The van der Waals surface area contributed by atoms with Gasteiger partial charge in [-0.2, -0.15) is 0 Å². The van der Waals surface area contributed by atoms with E-state index in [1.807, 2.05) is 0 Å². The molecular weight excluding hydrogens is 311 g/mol. The van der Waals surface area contributed by atoms with Crippen molar-refractivity contribution in [1.29, 1.82) is 0 Å². The second kappa shape index (κ2) is 11.9. The van der Waals surface area contributed by atoms with Gasteiger partial charge in [0.25, 0.3) is 0 Å². The fraction of sp³-hybridized carbons (Fsp3) is 1.00. The lowest BCUT2D eigenvalue weighted by molar-refractivity contribution is 0.124. The second-order valence-electron chi connectivity index (χ2n) is 5.48. The summed E-state index contributed by atoms with van der Waals surface area (Å²) in [5.41, 5.74) is 11.2. The van der Waals surface area contributed by atoms with Crippen molar-refractivity contribution in [3.63, 3.8) is 0 Å². The van der Waals surface area contributed by atoms with Gasteiger partial charge in [-0.15, -0.1) is 23.2 Å². The van der Waals surface area contributed by atoms with E-state index in [9.17, 15) is 0 Å². The SMILES string of the molecule is NCCNC1CCCOCCCC(NCCN)C(Cl)C1Cl. The van der Waals surface area contributed by atoms with E-state index in [0.29, 0.717) is 13.1 Å². The molecule has 4 atom stereocenters. The fourth-order valence-electron chi connectivity index (χ4n) is 2.64. The van der Waals surface area contributed by atoms with Crippen LogP contribution in [-0.4, -0.2) is 62.2 Å². The molecule has 21 heavy (non-hydrogen) atoms. The van der Waals surface area contributed by atoms with Crippen molar-refractivity contribution in [2.24, 2.45) is 11.5 Å². The van der Waals surface area contributed by atoms with E-state index in [-0.39, 0.29) is 22.8 Å². The average molecular weight is 341 g/mol. The predicted molar refractivity (Wildman–Crippen MR) is 90.3 cm³/mol. The monoisotopic (exact) mass is 340 g/mol. The van der Waals surface area contributed by atoms with Crippen LogP contribution in [0.2, 0.25) is 0 Å². The van der Waals surface area contributed by atoms with Crippen molar-refractivity contribution in [3.8, 4) is 0 Å². The van der Waals surface area contributed by atoms with Crippen molar-refractivity contribution < 1.29 is 4.74 Å². The van der Waals surface area contributed by atoms with E-state index in [0.717, 1.165) is 52.0 Å². The molecule has 6 N–H and O–H groups in total. The maximum Gasteiger partial charge on any atom is 0.0667 e. The van der Waals surface area contributed by atoms with E-state index < -0.39 is 0 Å². The molecule has 1 fully saturated rings. The molecule has 126 valence electrons. The molecule has 0 aromatic rings. The number of ether oxygens (including phenoxy) is 1. The summed E-state index contributed by atoms with van der Waals surface area (Å²) in [6.45, 7) is 4.24. The molecule has 0 aliphatic carbocycles. The minimum atomic E-state index is -0.147. The molecule has 0 spiro atoms. The molecular formula is C14H30Cl2N4O. The summed E-state index contributed by atoms with van der Waals surface area (Å²) in [6.07, 6.45) is 3.86. The third-order valence-electron chi connectivity index (χ3n) is 3.78. The number of rotatable bonds is 6.